The molecule has 3 aromatic rings. The molecule has 0 amide bonds. The van der Waals surface area contributed by atoms with Crippen molar-refractivity contribution in [1.29, 1.82) is 0 Å². The first-order valence-electron chi connectivity index (χ1n) is 14.0. The molecule has 0 bridgehead atoms. The third kappa shape index (κ3) is 6.30. The van der Waals surface area contributed by atoms with Crippen LogP contribution in [0.2, 0.25) is 0 Å². The van der Waals surface area contributed by atoms with Crippen LogP contribution in [0.15, 0.2) is 97.3 Å². The lowest BCUT2D eigenvalue weighted by atomic mass is 9.70. The van der Waals surface area contributed by atoms with E-state index in [0.717, 1.165) is 69.9 Å². The van der Waals surface area contributed by atoms with Crippen LogP contribution >= 0.6 is 0 Å². The van der Waals surface area contributed by atoms with Gasteiger partial charge in [-0.05, 0) is 55.9 Å². The second kappa shape index (κ2) is 12.8. The first kappa shape index (κ1) is 27.5. The van der Waals surface area contributed by atoms with Gasteiger partial charge in [0.05, 0.1) is 11.2 Å². The number of hydrogen-bond donors (Lipinski definition) is 0. The Hall–Kier alpha value is -3.53. The maximum atomic E-state index is 12.6. The van der Waals surface area contributed by atoms with E-state index in [1.54, 1.807) is 6.92 Å². The van der Waals surface area contributed by atoms with Crippen molar-refractivity contribution in [2.24, 2.45) is 0 Å². The van der Waals surface area contributed by atoms with Crippen molar-refractivity contribution in [3.8, 4) is 0 Å². The Morgan fingerprint density at radius 3 is 1.82 bits per heavy atom. The van der Waals surface area contributed by atoms with E-state index >= 15 is 0 Å². The van der Waals surface area contributed by atoms with Crippen LogP contribution in [-0.4, -0.2) is 54.9 Å². The van der Waals surface area contributed by atoms with Gasteiger partial charge in [-0.1, -0.05) is 92.4 Å². The van der Waals surface area contributed by atoms with E-state index in [2.05, 4.69) is 95.8 Å². The predicted octanol–water partition coefficient (Wildman–Crippen LogP) is 6.46. The molecule has 5 rings (SSSR count). The van der Waals surface area contributed by atoms with Crippen LogP contribution in [0.4, 0.5) is 5.69 Å². The lowest BCUT2D eigenvalue weighted by Gasteiger charge is -2.46. The fraction of sp³-hybridized carbons (Fsp3) is 0.382. The average Bonchev–Trinajstić information content (AvgIpc) is 2.98. The zero-order chi connectivity index (χ0) is 27.0. The smallest absolute Gasteiger partial charge is 0.140 e. The molecule has 2 heterocycles. The van der Waals surface area contributed by atoms with E-state index in [-0.39, 0.29) is 11.2 Å². The van der Waals surface area contributed by atoms with Gasteiger partial charge in [-0.2, -0.15) is 0 Å². The number of ketones is 1. The minimum absolute atomic E-state index is 0.283. The van der Waals surface area contributed by atoms with E-state index < -0.39 is 0 Å². The zero-order valence-electron chi connectivity index (χ0n) is 23.4. The average molecular weight is 510 g/mol. The summed E-state index contributed by atoms with van der Waals surface area (Å²) in [5.41, 5.74) is 4.90. The number of nitrogens with zero attached hydrogens (tertiary/aromatic N) is 3. The summed E-state index contributed by atoms with van der Waals surface area (Å²) in [6.07, 6.45) is 2.85. The number of likely N-dealkylation sites (tertiary alicyclic amines) is 1. The number of anilines is 1. The van der Waals surface area contributed by atoms with E-state index in [0.29, 0.717) is 0 Å². The van der Waals surface area contributed by atoms with Gasteiger partial charge in [0.2, 0.25) is 0 Å². The molecule has 38 heavy (non-hydrogen) atoms. The molecule has 4 nitrogen and oxygen atoms in total. The number of hydrogen-bond acceptors (Lipinski definition) is 4. The molecule has 0 radical (unpaired) electrons. The van der Waals surface area contributed by atoms with Crippen molar-refractivity contribution in [1.82, 2.24) is 9.80 Å². The lowest BCUT2D eigenvalue weighted by Crippen LogP contribution is -2.52. The molecule has 0 unspecified atom stereocenters. The summed E-state index contributed by atoms with van der Waals surface area (Å²) in [4.78, 5) is 19.9. The molecule has 200 valence electrons. The SMILES string of the molecule is C=C(N1CCN(c2ccccc2C)CC1)N1CCC(C(C)=O)(c2ccccc2)CC1.CCc1ccccc1. The summed E-state index contributed by atoms with van der Waals surface area (Å²) in [7, 11) is 0. The number of piperidine rings is 1. The molecular formula is C34H43N3O. The number of benzene rings is 3. The van der Waals surface area contributed by atoms with Crippen LogP contribution in [0.3, 0.4) is 0 Å². The molecule has 0 saturated carbocycles. The van der Waals surface area contributed by atoms with Crippen molar-refractivity contribution in [3.05, 3.63) is 114 Å². The number of carbonyl (C=O) groups excluding carboxylic acids is 1. The Bertz CT molecular complexity index is 1170. The van der Waals surface area contributed by atoms with E-state index in [1.807, 2.05) is 24.3 Å². The first-order valence-corrected chi connectivity index (χ1v) is 14.0. The number of aryl methyl sites for hydroxylation is 2. The van der Waals surface area contributed by atoms with Crippen molar-refractivity contribution in [2.75, 3.05) is 44.2 Å². The number of para-hydroxylation sites is 1. The number of rotatable bonds is 6. The highest BCUT2D eigenvalue weighted by Gasteiger charge is 2.41. The third-order valence-corrected chi connectivity index (χ3v) is 8.33. The lowest BCUT2D eigenvalue weighted by molar-refractivity contribution is -0.124. The molecule has 0 spiro atoms. The Labute approximate surface area is 229 Å². The molecule has 2 aliphatic rings. The molecule has 2 fully saturated rings. The van der Waals surface area contributed by atoms with Gasteiger partial charge in [0.1, 0.15) is 5.78 Å². The van der Waals surface area contributed by atoms with Crippen LogP contribution in [0.25, 0.3) is 0 Å². The topological polar surface area (TPSA) is 26.8 Å². The minimum atomic E-state index is -0.346. The molecule has 2 saturated heterocycles. The van der Waals surface area contributed by atoms with E-state index in [1.165, 1.54) is 16.8 Å². The van der Waals surface area contributed by atoms with Gasteiger partial charge in [0.15, 0.2) is 0 Å². The highest BCUT2D eigenvalue weighted by atomic mass is 16.1. The molecule has 3 aromatic carbocycles. The highest BCUT2D eigenvalue weighted by molar-refractivity contribution is 5.88. The maximum Gasteiger partial charge on any atom is 0.140 e. The molecule has 0 aliphatic carbocycles. The summed E-state index contributed by atoms with van der Waals surface area (Å²) in [5, 5.41) is 0. The van der Waals surface area contributed by atoms with Crippen molar-refractivity contribution in [3.63, 3.8) is 0 Å². The zero-order valence-corrected chi connectivity index (χ0v) is 23.4. The minimum Gasteiger partial charge on any atom is -0.368 e. The van der Waals surface area contributed by atoms with Gasteiger partial charge >= 0.3 is 0 Å². The molecule has 2 aliphatic heterocycles. The number of carbonyl (C=O) groups is 1. The van der Waals surface area contributed by atoms with Gasteiger partial charge in [0, 0.05) is 45.0 Å². The largest absolute Gasteiger partial charge is 0.368 e. The summed E-state index contributed by atoms with van der Waals surface area (Å²) in [5.74, 6) is 1.40. The van der Waals surface area contributed by atoms with E-state index in [9.17, 15) is 4.79 Å². The molecule has 4 heteroatoms. The molecule has 0 N–H and O–H groups in total. The Balaban J connectivity index is 0.000000360. The normalized spacial score (nSPS) is 16.9. The Morgan fingerprint density at radius 2 is 1.29 bits per heavy atom. The van der Waals surface area contributed by atoms with Gasteiger partial charge in [-0.15, -0.1) is 0 Å². The second-order valence-corrected chi connectivity index (χ2v) is 10.5. The van der Waals surface area contributed by atoms with Gasteiger partial charge in [0.25, 0.3) is 0 Å². The maximum absolute atomic E-state index is 12.6. The third-order valence-electron chi connectivity index (χ3n) is 8.33. The highest BCUT2D eigenvalue weighted by Crippen LogP contribution is 2.37. The summed E-state index contributed by atoms with van der Waals surface area (Å²) >= 11 is 0. The van der Waals surface area contributed by atoms with Crippen LogP contribution in [0.1, 0.15) is 43.4 Å². The number of piperazine rings is 1. The van der Waals surface area contributed by atoms with Gasteiger partial charge < -0.3 is 14.7 Å². The quantitative estimate of drug-likeness (QED) is 0.381. The van der Waals surface area contributed by atoms with Crippen LogP contribution < -0.4 is 4.90 Å². The van der Waals surface area contributed by atoms with Gasteiger partial charge in [-0.25, -0.2) is 0 Å². The first-order chi connectivity index (χ1) is 18.4. The second-order valence-electron chi connectivity index (χ2n) is 10.5. The van der Waals surface area contributed by atoms with Crippen molar-refractivity contribution >= 4 is 11.5 Å². The van der Waals surface area contributed by atoms with Crippen LogP contribution in [0, 0.1) is 6.92 Å². The van der Waals surface area contributed by atoms with Crippen molar-refractivity contribution < 1.29 is 4.79 Å². The van der Waals surface area contributed by atoms with Gasteiger partial charge in [-0.3, -0.25) is 4.79 Å². The Morgan fingerprint density at radius 1 is 0.763 bits per heavy atom. The van der Waals surface area contributed by atoms with E-state index in [4.69, 9.17) is 0 Å². The summed E-state index contributed by atoms with van der Waals surface area (Å²) in [6, 6.07) is 29.4. The monoisotopic (exact) mass is 509 g/mol. The summed E-state index contributed by atoms with van der Waals surface area (Å²) in [6.45, 7) is 16.3. The van der Waals surface area contributed by atoms with Crippen LogP contribution in [-0.2, 0) is 16.6 Å². The fourth-order valence-electron chi connectivity index (χ4n) is 5.79. The fourth-order valence-corrected chi connectivity index (χ4v) is 5.79. The molecular weight excluding hydrogens is 466 g/mol. The van der Waals surface area contributed by atoms with Crippen LogP contribution in [0.5, 0.6) is 0 Å². The Kier molecular flexibility index (Phi) is 9.28. The summed E-state index contributed by atoms with van der Waals surface area (Å²) < 4.78 is 0. The molecule has 0 aromatic heterocycles. The number of Topliss-reactive ketones (excluding diaryl/α,β-unsaturated/α-hetero) is 1. The molecule has 0 atom stereocenters. The predicted molar refractivity (Wildman–Crippen MR) is 160 cm³/mol. The van der Waals surface area contributed by atoms with Crippen molar-refractivity contribution in [2.45, 2.75) is 45.4 Å². The standard InChI is InChI=1S/C26H33N3O.C8H10/c1-21-9-7-8-12-25(21)29-19-17-28(18-20-29)23(3)27-15-13-26(14-16-27,22(2)30)24-10-5-4-6-11-24;1-2-8-6-4-3-5-7-8/h4-12H,3,13-20H2,1-2H3;3-7H,2H2,1H3.